The SMILES string of the molecule is CCOc1ccc(N2C(=O)C(CC(=O)Nc3ccc(-c4nc5ccccc5o4)cc3)N(Cc3/c(=N/S(=O)(=O)c4ccc(C)cc4)o[n-][n+]3C)C2=S)cc1. The molecule has 1 unspecified atom stereocenters. The van der Waals surface area contributed by atoms with Crippen molar-refractivity contribution < 1.29 is 36.4 Å². The second kappa shape index (κ2) is 14.5. The zero-order valence-electron chi connectivity index (χ0n) is 28.8. The number of rotatable bonds is 11. The third kappa shape index (κ3) is 7.31. The molecule has 1 atom stereocenters. The molecule has 1 aliphatic rings. The van der Waals surface area contributed by atoms with E-state index in [0.717, 1.165) is 16.6 Å². The lowest BCUT2D eigenvalue weighted by molar-refractivity contribution is -0.752. The topological polar surface area (TPSA) is 166 Å². The van der Waals surface area contributed by atoms with E-state index in [0.29, 0.717) is 35.2 Å². The van der Waals surface area contributed by atoms with Gasteiger partial charge < -0.3 is 23.9 Å². The van der Waals surface area contributed by atoms with Crippen molar-refractivity contribution >= 4 is 61.6 Å². The Hall–Kier alpha value is -6.13. The molecule has 1 saturated heterocycles. The van der Waals surface area contributed by atoms with Gasteiger partial charge in [-0.15, -0.1) is 4.40 Å². The van der Waals surface area contributed by atoms with Gasteiger partial charge in [0.05, 0.1) is 23.6 Å². The number of oxazole rings is 1. The number of benzene rings is 4. The minimum Gasteiger partial charge on any atom is -0.494 e. The monoisotopic (exact) mass is 751 g/mol. The molecule has 0 saturated carbocycles. The summed E-state index contributed by atoms with van der Waals surface area (Å²) in [5, 5.41) is 6.84. The van der Waals surface area contributed by atoms with Gasteiger partial charge in [0.2, 0.25) is 11.8 Å². The molecule has 6 aromatic rings. The fourth-order valence-electron chi connectivity index (χ4n) is 5.80. The third-order valence-corrected chi connectivity index (χ3v) is 10.2. The molecule has 14 nitrogen and oxygen atoms in total. The predicted molar refractivity (Wildman–Crippen MR) is 197 cm³/mol. The van der Waals surface area contributed by atoms with Crippen LogP contribution in [-0.2, 0) is 33.2 Å². The summed E-state index contributed by atoms with van der Waals surface area (Å²) in [6.07, 6.45) is -0.289. The molecule has 16 heteroatoms. The molecule has 1 aliphatic heterocycles. The first-order valence-corrected chi connectivity index (χ1v) is 18.4. The smallest absolute Gasteiger partial charge is 0.289 e. The highest BCUT2D eigenvalue weighted by Gasteiger charge is 2.45. The van der Waals surface area contributed by atoms with Gasteiger partial charge in [-0.2, -0.15) is 8.42 Å². The fourth-order valence-corrected chi connectivity index (χ4v) is 7.13. The van der Waals surface area contributed by atoms with Gasteiger partial charge in [-0.05, 0) is 98.9 Å². The Morgan fingerprint density at radius 2 is 1.75 bits per heavy atom. The Balaban J connectivity index is 1.16. The lowest BCUT2D eigenvalue weighted by atomic mass is 10.1. The number of thiocarbonyl (C=S) groups is 1. The molecule has 0 radical (unpaired) electrons. The Bertz CT molecular complexity index is 2470. The molecule has 0 spiro atoms. The van der Waals surface area contributed by atoms with E-state index in [2.05, 4.69) is 20.0 Å². The minimum absolute atomic E-state index is 0.0296. The van der Waals surface area contributed by atoms with Crippen LogP contribution in [-0.4, -0.2) is 47.9 Å². The summed E-state index contributed by atoms with van der Waals surface area (Å²) >= 11 is 5.85. The lowest BCUT2D eigenvalue weighted by Crippen LogP contribution is -2.45. The molecule has 4 aromatic carbocycles. The Morgan fingerprint density at radius 1 is 1.04 bits per heavy atom. The van der Waals surface area contributed by atoms with Gasteiger partial charge in [-0.1, -0.05) is 29.8 Å². The Labute approximate surface area is 309 Å². The van der Waals surface area contributed by atoms with Crippen LogP contribution < -0.4 is 30.5 Å². The van der Waals surface area contributed by atoms with Crippen LogP contribution in [0, 0.1) is 6.92 Å². The van der Waals surface area contributed by atoms with E-state index in [-0.39, 0.29) is 34.2 Å². The number of sulfonamides is 1. The van der Waals surface area contributed by atoms with Crippen molar-refractivity contribution in [1.29, 1.82) is 0 Å². The number of nitrogens with zero attached hydrogens (tertiary/aromatic N) is 6. The van der Waals surface area contributed by atoms with E-state index in [1.165, 1.54) is 26.6 Å². The molecule has 270 valence electrons. The Kier molecular flexibility index (Phi) is 9.64. The molecular formula is C37H33N7O7S2. The van der Waals surface area contributed by atoms with E-state index < -0.39 is 27.9 Å². The quantitative estimate of drug-likeness (QED) is 0.147. The number of hydrogen-bond donors (Lipinski definition) is 1. The maximum Gasteiger partial charge on any atom is 0.289 e. The van der Waals surface area contributed by atoms with E-state index in [4.69, 9.17) is 25.9 Å². The predicted octanol–water partition coefficient (Wildman–Crippen LogP) is 4.40. The van der Waals surface area contributed by atoms with Gasteiger partial charge in [-0.25, -0.2) is 9.67 Å². The van der Waals surface area contributed by atoms with E-state index in [1.54, 1.807) is 67.7 Å². The zero-order chi connectivity index (χ0) is 37.3. The Morgan fingerprint density at radius 3 is 2.45 bits per heavy atom. The van der Waals surface area contributed by atoms with Gasteiger partial charge in [-0.3, -0.25) is 19.8 Å². The van der Waals surface area contributed by atoms with Crippen LogP contribution in [0.4, 0.5) is 11.4 Å². The summed E-state index contributed by atoms with van der Waals surface area (Å²) in [6.45, 7) is 4.02. The van der Waals surface area contributed by atoms with Gasteiger partial charge in [0.15, 0.2) is 10.7 Å². The van der Waals surface area contributed by atoms with Crippen molar-refractivity contribution in [3.8, 4) is 17.2 Å². The van der Waals surface area contributed by atoms with E-state index in [1.807, 2.05) is 38.1 Å². The molecule has 0 bridgehead atoms. The number of carbonyl (C=O) groups is 2. The van der Waals surface area contributed by atoms with E-state index in [9.17, 15) is 18.0 Å². The van der Waals surface area contributed by atoms with Gasteiger partial charge >= 0.3 is 0 Å². The summed E-state index contributed by atoms with van der Waals surface area (Å²) in [5.74, 6) is 0.145. The number of nitrogens with one attached hydrogen (secondary N) is 1. The fraction of sp³-hybridized carbons (Fsp3) is 0.189. The van der Waals surface area contributed by atoms with Gasteiger partial charge in [0, 0.05) is 11.3 Å². The molecular weight excluding hydrogens is 719 g/mol. The average Bonchev–Trinajstić information content (AvgIpc) is 3.79. The first-order chi connectivity index (χ1) is 25.5. The van der Waals surface area contributed by atoms with Crippen molar-refractivity contribution in [3.05, 3.63) is 114 Å². The van der Waals surface area contributed by atoms with Crippen LogP contribution >= 0.6 is 12.2 Å². The molecule has 3 heterocycles. The molecule has 1 fully saturated rings. The maximum absolute atomic E-state index is 14.1. The van der Waals surface area contributed by atoms with Gasteiger partial charge in [0.1, 0.15) is 30.9 Å². The van der Waals surface area contributed by atoms with Crippen LogP contribution in [0.1, 0.15) is 24.6 Å². The number of fused-ring (bicyclic) bond motifs is 1. The van der Waals surface area contributed by atoms with Crippen molar-refractivity contribution in [2.45, 2.75) is 37.8 Å². The number of carbonyl (C=O) groups excluding carboxylic acids is 2. The average molecular weight is 752 g/mol. The summed E-state index contributed by atoms with van der Waals surface area (Å²) in [7, 11) is -2.64. The number of hydrogen-bond acceptors (Lipinski definition) is 9. The van der Waals surface area contributed by atoms with Crippen molar-refractivity contribution in [2.75, 3.05) is 16.8 Å². The normalized spacial score (nSPS) is 15.1. The van der Waals surface area contributed by atoms with Crippen LogP contribution in [0.15, 0.2) is 115 Å². The molecule has 2 aromatic heterocycles. The van der Waals surface area contributed by atoms with Crippen molar-refractivity contribution in [1.82, 2.24) is 15.2 Å². The molecule has 53 heavy (non-hydrogen) atoms. The van der Waals surface area contributed by atoms with Gasteiger partial charge in [0.25, 0.3) is 27.2 Å². The molecule has 2 amide bonds. The number of para-hydroxylation sites is 2. The van der Waals surface area contributed by atoms with Crippen LogP contribution in [0.3, 0.4) is 0 Å². The summed E-state index contributed by atoms with van der Waals surface area (Å²) in [6, 6.07) is 26.4. The van der Waals surface area contributed by atoms with Crippen LogP contribution in [0.25, 0.3) is 22.6 Å². The minimum atomic E-state index is -4.19. The molecule has 0 aliphatic carbocycles. The van der Waals surface area contributed by atoms with Crippen LogP contribution in [0.5, 0.6) is 5.75 Å². The van der Waals surface area contributed by atoms with Crippen molar-refractivity contribution in [2.24, 2.45) is 11.4 Å². The van der Waals surface area contributed by atoms with Crippen LogP contribution in [0.2, 0.25) is 0 Å². The standard InChI is InChI=1S/C37H33N7O7S2/c1-4-49-27-17-15-26(16-18-27)44-36(46)30(21-33(45)38-25-13-11-24(12-14-25)34-39-29-7-5-6-8-32(29)50-34)43(37(44)52)22-31-35(51-41-42(31)3)40-53(47,48)28-19-9-23(2)10-20-28/h5-20,30H,4,21-22H2,1-3H3,(H,38,45)/b40-35-. The first-order valence-electron chi connectivity index (χ1n) is 16.5. The molecule has 1 N–H and O–H groups in total. The zero-order valence-corrected chi connectivity index (χ0v) is 30.4. The highest BCUT2D eigenvalue weighted by atomic mass is 32.2. The number of aryl methyl sites for hydroxylation is 2. The number of amides is 2. The number of anilines is 2. The lowest BCUT2D eigenvalue weighted by Gasteiger charge is -2.22. The number of ether oxygens (including phenoxy) is 1. The summed E-state index contributed by atoms with van der Waals surface area (Å²) in [4.78, 5) is 35.1. The third-order valence-electron chi connectivity index (χ3n) is 8.54. The maximum atomic E-state index is 14.1. The summed E-state index contributed by atoms with van der Waals surface area (Å²) in [5.41, 5.74) is 3.88. The second-order valence-electron chi connectivity index (χ2n) is 12.2. The second-order valence-corrected chi connectivity index (χ2v) is 14.1. The largest absolute Gasteiger partial charge is 0.494 e. The molecule has 7 rings (SSSR count). The first kappa shape index (κ1) is 35.3. The summed E-state index contributed by atoms with van der Waals surface area (Å²) < 4.78 is 48.5. The highest BCUT2D eigenvalue weighted by molar-refractivity contribution is 7.90. The number of aromatic nitrogens is 3. The van der Waals surface area contributed by atoms with E-state index >= 15 is 0 Å². The van der Waals surface area contributed by atoms with Crippen molar-refractivity contribution in [3.63, 3.8) is 0 Å². The highest BCUT2D eigenvalue weighted by Crippen LogP contribution is 2.30.